The average Bonchev–Trinajstić information content (AvgIpc) is 2.46. The van der Waals surface area contributed by atoms with Crippen LogP contribution in [0.2, 0.25) is 0 Å². The van der Waals surface area contributed by atoms with Gasteiger partial charge in [0.15, 0.2) is 0 Å². The number of nitrogens with zero attached hydrogens (tertiary/aromatic N) is 2. The topological polar surface area (TPSA) is 137 Å². The molecular formula is C15H18N6O2. The molecule has 1 atom stereocenters. The van der Waals surface area contributed by atoms with Crippen molar-refractivity contribution in [2.75, 3.05) is 11.1 Å². The van der Waals surface area contributed by atoms with Crippen molar-refractivity contribution in [2.45, 2.75) is 19.4 Å². The van der Waals surface area contributed by atoms with Crippen molar-refractivity contribution in [1.29, 1.82) is 5.41 Å². The Balaban J connectivity index is 2.13. The molecule has 0 aliphatic rings. The first kappa shape index (κ1) is 16.2. The van der Waals surface area contributed by atoms with Crippen molar-refractivity contribution in [3.63, 3.8) is 0 Å². The van der Waals surface area contributed by atoms with Gasteiger partial charge in [-0.3, -0.25) is 0 Å². The monoisotopic (exact) mass is 314 g/mol. The number of carboxylic acid groups (broad SMARTS) is 1. The number of rotatable bonds is 6. The summed E-state index contributed by atoms with van der Waals surface area (Å²) in [6.45, 7) is 1.68. The molecule has 2 aromatic rings. The van der Waals surface area contributed by atoms with Crippen LogP contribution in [-0.2, 0) is 0 Å². The molecule has 8 heteroatoms. The van der Waals surface area contributed by atoms with E-state index < -0.39 is 12.1 Å². The molecule has 1 unspecified atom stereocenters. The number of aromatic nitrogens is 2. The van der Waals surface area contributed by atoms with Gasteiger partial charge < -0.3 is 26.9 Å². The number of nitrogens with one attached hydrogen (secondary N) is 3. The Kier molecular flexibility index (Phi) is 5.08. The van der Waals surface area contributed by atoms with E-state index in [-0.39, 0.29) is 18.1 Å². The maximum atomic E-state index is 10.6. The zero-order chi connectivity index (χ0) is 16.8. The van der Waals surface area contributed by atoms with E-state index in [1.165, 1.54) is 0 Å². The minimum Gasteiger partial charge on any atom is -0.465 e. The third kappa shape index (κ3) is 4.95. The number of hydrogen-bond donors (Lipinski definition) is 5. The summed E-state index contributed by atoms with van der Waals surface area (Å²) >= 11 is 0. The van der Waals surface area contributed by atoms with Gasteiger partial charge in [-0.1, -0.05) is 18.2 Å². The van der Waals surface area contributed by atoms with E-state index >= 15 is 0 Å². The lowest BCUT2D eigenvalue weighted by molar-refractivity contribution is 0.191. The van der Waals surface area contributed by atoms with Crippen molar-refractivity contribution >= 4 is 29.3 Å². The minimum atomic E-state index is -1.13. The van der Waals surface area contributed by atoms with Crippen LogP contribution >= 0.6 is 0 Å². The summed E-state index contributed by atoms with van der Waals surface area (Å²) in [5.74, 6) is 0.520. The first-order valence-corrected chi connectivity index (χ1v) is 6.98. The fraction of sp³-hybridized carbons (Fsp3) is 0.200. The first-order valence-electron chi connectivity index (χ1n) is 6.98. The SMILES string of the molecule is CC(CC(=N)c1cc(Nc2ccccc2)nc(N)n1)NC(=O)O. The molecule has 1 amide bonds. The quantitative estimate of drug-likeness (QED) is 0.518. The molecule has 23 heavy (non-hydrogen) atoms. The lowest BCUT2D eigenvalue weighted by Gasteiger charge is -2.13. The van der Waals surface area contributed by atoms with Gasteiger partial charge >= 0.3 is 6.09 Å². The van der Waals surface area contributed by atoms with Crippen molar-refractivity contribution in [2.24, 2.45) is 0 Å². The summed E-state index contributed by atoms with van der Waals surface area (Å²) in [5, 5.41) is 22.1. The van der Waals surface area contributed by atoms with Crippen LogP contribution in [0.15, 0.2) is 36.4 Å². The number of nitrogen functional groups attached to an aromatic ring is 1. The standard InChI is InChI=1S/C15H18N6O2/c1-9(18-15(22)23)7-11(16)12-8-13(21-14(17)20-12)19-10-5-3-2-4-6-10/h2-6,8-9,16,18H,7H2,1H3,(H,22,23)(H3,17,19,20,21). The lowest BCUT2D eigenvalue weighted by atomic mass is 10.1. The molecule has 0 saturated carbocycles. The van der Waals surface area contributed by atoms with Gasteiger partial charge in [-0.25, -0.2) is 9.78 Å². The Labute approximate surface area is 133 Å². The number of anilines is 3. The third-order valence-electron chi connectivity index (χ3n) is 2.98. The molecule has 2 rings (SSSR count). The van der Waals surface area contributed by atoms with E-state index in [2.05, 4.69) is 20.6 Å². The highest BCUT2D eigenvalue weighted by atomic mass is 16.4. The van der Waals surface area contributed by atoms with Gasteiger partial charge in [-0.05, 0) is 19.1 Å². The van der Waals surface area contributed by atoms with Crippen LogP contribution in [0.3, 0.4) is 0 Å². The number of nitrogens with two attached hydrogens (primary N) is 1. The summed E-state index contributed by atoms with van der Waals surface area (Å²) in [6.07, 6.45) is -0.924. The normalized spacial score (nSPS) is 11.5. The highest BCUT2D eigenvalue weighted by molar-refractivity contribution is 5.97. The van der Waals surface area contributed by atoms with Crippen LogP contribution in [0.1, 0.15) is 19.0 Å². The summed E-state index contributed by atoms with van der Waals surface area (Å²) in [5.41, 5.74) is 7.06. The molecule has 0 bridgehead atoms. The zero-order valence-electron chi connectivity index (χ0n) is 12.6. The van der Waals surface area contributed by atoms with Crippen molar-refractivity contribution in [3.05, 3.63) is 42.1 Å². The first-order chi connectivity index (χ1) is 10.9. The van der Waals surface area contributed by atoms with Crippen molar-refractivity contribution in [3.8, 4) is 0 Å². The van der Waals surface area contributed by atoms with Gasteiger partial charge in [0.2, 0.25) is 5.95 Å². The predicted octanol–water partition coefficient (Wildman–Crippen LogP) is 2.22. The van der Waals surface area contributed by atoms with Crippen LogP contribution in [0.25, 0.3) is 0 Å². The average molecular weight is 314 g/mol. The van der Waals surface area contributed by atoms with E-state index in [9.17, 15) is 4.79 Å². The molecule has 0 fully saturated rings. The van der Waals surface area contributed by atoms with Gasteiger partial charge in [-0.15, -0.1) is 0 Å². The Morgan fingerprint density at radius 1 is 1.35 bits per heavy atom. The lowest BCUT2D eigenvalue weighted by Crippen LogP contribution is -2.33. The van der Waals surface area contributed by atoms with Crippen LogP contribution in [0, 0.1) is 5.41 Å². The Bertz CT molecular complexity index is 704. The van der Waals surface area contributed by atoms with E-state index in [1.807, 2.05) is 30.3 Å². The van der Waals surface area contributed by atoms with E-state index in [4.69, 9.17) is 16.2 Å². The smallest absolute Gasteiger partial charge is 0.404 e. The molecule has 0 aliphatic carbocycles. The predicted molar refractivity (Wildman–Crippen MR) is 88.2 cm³/mol. The molecule has 0 spiro atoms. The molecule has 1 heterocycles. The Morgan fingerprint density at radius 2 is 2.04 bits per heavy atom. The number of amides is 1. The van der Waals surface area contributed by atoms with Gasteiger partial charge in [0.1, 0.15) is 5.82 Å². The Hall–Kier alpha value is -3.16. The molecule has 0 saturated heterocycles. The molecule has 6 N–H and O–H groups in total. The summed E-state index contributed by atoms with van der Waals surface area (Å²) in [6, 6.07) is 10.6. The summed E-state index contributed by atoms with van der Waals surface area (Å²) < 4.78 is 0. The van der Waals surface area contributed by atoms with E-state index in [0.29, 0.717) is 11.5 Å². The molecule has 120 valence electrons. The fourth-order valence-corrected chi connectivity index (χ4v) is 2.03. The highest BCUT2D eigenvalue weighted by Crippen LogP contribution is 2.16. The van der Waals surface area contributed by atoms with Crippen molar-refractivity contribution < 1.29 is 9.90 Å². The van der Waals surface area contributed by atoms with Crippen LogP contribution in [-0.4, -0.2) is 32.9 Å². The highest BCUT2D eigenvalue weighted by Gasteiger charge is 2.13. The van der Waals surface area contributed by atoms with Crippen molar-refractivity contribution in [1.82, 2.24) is 15.3 Å². The maximum absolute atomic E-state index is 10.6. The van der Waals surface area contributed by atoms with Crippen LogP contribution in [0.4, 0.5) is 22.2 Å². The zero-order valence-corrected chi connectivity index (χ0v) is 12.6. The second-order valence-electron chi connectivity index (χ2n) is 5.02. The Morgan fingerprint density at radius 3 is 2.70 bits per heavy atom. The molecule has 1 aromatic carbocycles. The second kappa shape index (κ2) is 7.21. The summed E-state index contributed by atoms with van der Waals surface area (Å²) in [4.78, 5) is 18.7. The number of hydrogen-bond acceptors (Lipinski definition) is 6. The van der Waals surface area contributed by atoms with Gasteiger partial charge in [0, 0.05) is 24.2 Å². The number of para-hydroxylation sites is 1. The van der Waals surface area contributed by atoms with Crippen LogP contribution in [0.5, 0.6) is 0 Å². The number of carbonyl (C=O) groups is 1. The largest absolute Gasteiger partial charge is 0.465 e. The van der Waals surface area contributed by atoms with Crippen LogP contribution < -0.4 is 16.4 Å². The number of benzene rings is 1. The third-order valence-corrected chi connectivity index (χ3v) is 2.98. The molecule has 8 nitrogen and oxygen atoms in total. The maximum Gasteiger partial charge on any atom is 0.404 e. The molecule has 0 radical (unpaired) electrons. The fourth-order valence-electron chi connectivity index (χ4n) is 2.03. The van der Waals surface area contributed by atoms with E-state index in [1.54, 1.807) is 13.0 Å². The molecule has 1 aromatic heterocycles. The van der Waals surface area contributed by atoms with Gasteiger partial charge in [0.05, 0.1) is 11.4 Å². The second-order valence-corrected chi connectivity index (χ2v) is 5.02. The van der Waals surface area contributed by atoms with E-state index in [0.717, 1.165) is 5.69 Å². The molecule has 0 aliphatic heterocycles. The molecular weight excluding hydrogens is 296 g/mol. The van der Waals surface area contributed by atoms with Gasteiger partial charge in [0.25, 0.3) is 0 Å². The summed E-state index contributed by atoms with van der Waals surface area (Å²) in [7, 11) is 0. The minimum absolute atomic E-state index is 0.0459. The van der Waals surface area contributed by atoms with Gasteiger partial charge in [-0.2, -0.15) is 4.98 Å².